The molecule has 0 aliphatic carbocycles. The monoisotopic (exact) mass is 499 g/mol. The van der Waals surface area contributed by atoms with E-state index in [4.69, 9.17) is 9.94 Å². The van der Waals surface area contributed by atoms with Gasteiger partial charge in [-0.2, -0.15) is 0 Å². The zero-order valence-corrected chi connectivity index (χ0v) is 20.1. The molecule has 5 N–H and O–H groups in total. The number of carboxylic acid groups (broad SMARTS) is 1. The number of amides is 3. The molecule has 0 bridgehead atoms. The molecule has 10 heteroatoms. The predicted octanol–water partition coefficient (Wildman–Crippen LogP) is 3.57. The van der Waals surface area contributed by atoms with Gasteiger partial charge in [0, 0.05) is 31.0 Å². The van der Waals surface area contributed by atoms with E-state index in [9.17, 15) is 24.3 Å². The summed E-state index contributed by atoms with van der Waals surface area (Å²) < 4.78 is 5.67. The quantitative estimate of drug-likeness (QED) is 0.134. The number of ether oxygens (including phenoxy) is 1. The number of hydrogen-bond acceptors (Lipinski definition) is 6. The standard InChI is InChI=1S/C26H33N3O7/c30-22(14-6-1-2-7-15-24(32)29-35)27-20-12-8-13-21(18-20)36-17-9-16-23(31)28-25(26(33)34)19-10-4-3-5-11-19/h3-5,8,10-13,18,25,35H,1-2,6-7,9,14-17H2,(H,27,30)(H,28,31)(H,29,32)(H,33,34). The van der Waals surface area contributed by atoms with Crippen molar-refractivity contribution in [1.29, 1.82) is 0 Å². The lowest BCUT2D eigenvalue weighted by Gasteiger charge is -2.15. The van der Waals surface area contributed by atoms with Gasteiger partial charge in [-0.1, -0.05) is 49.2 Å². The molecule has 0 fully saturated rings. The van der Waals surface area contributed by atoms with Gasteiger partial charge in [0.05, 0.1) is 6.61 Å². The van der Waals surface area contributed by atoms with Gasteiger partial charge in [-0.15, -0.1) is 0 Å². The molecule has 2 aromatic rings. The summed E-state index contributed by atoms with van der Waals surface area (Å²) in [6, 6.07) is 14.3. The summed E-state index contributed by atoms with van der Waals surface area (Å²) in [4.78, 5) is 46.8. The maximum absolute atomic E-state index is 12.2. The molecule has 0 saturated heterocycles. The highest BCUT2D eigenvalue weighted by Gasteiger charge is 2.21. The third-order valence-electron chi connectivity index (χ3n) is 5.30. The van der Waals surface area contributed by atoms with Crippen molar-refractivity contribution in [3.05, 3.63) is 60.2 Å². The van der Waals surface area contributed by atoms with Crippen molar-refractivity contribution in [2.24, 2.45) is 0 Å². The van der Waals surface area contributed by atoms with Crippen molar-refractivity contribution in [1.82, 2.24) is 10.8 Å². The van der Waals surface area contributed by atoms with E-state index in [1.54, 1.807) is 60.1 Å². The second kappa shape index (κ2) is 15.9. The number of nitrogens with one attached hydrogen (secondary N) is 3. The molecule has 0 aliphatic rings. The first-order valence-electron chi connectivity index (χ1n) is 11.9. The zero-order valence-electron chi connectivity index (χ0n) is 20.1. The first-order valence-corrected chi connectivity index (χ1v) is 11.9. The van der Waals surface area contributed by atoms with Crippen LogP contribution in [-0.2, 0) is 19.2 Å². The number of aliphatic carboxylic acids is 1. The minimum absolute atomic E-state index is 0.109. The third-order valence-corrected chi connectivity index (χ3v) is 5.30. The highest BCUT2D eigenvalue weighted by atomic mass is 16.5. The van der Waals surface area contributed by atoms with Crippen molar-refractivity contribution in [3.63, 3.8) is 0 Å². The molecule has 0 saturated carbocycles. The molecule has 36 heavy (non-hydrogen) atoms. The van der Waals surface area contributed by atoms with Crippen LogP contribution in [0.1, 0.15) is 63.0 Å². The smallest absolute Gasteiger partial charge is 0.330 e. The van der Waals surface area contributed by atoms with Gasteiger partial charge < -0.3 is 20.5 Å². The summed E-state index contributed by atoms with van der Waals surface area (Å²) in [5, 5.41) is 23.2. The Morgan fingerprint density at radius 1 is 0.778 bits per heavy atom. The molecule has 194 valence electrons. The van der Waals surface area contributed by atoms with E-state index in [2.05, 4.69) is 10.6 Å². The maximum atomic E-state index is 12.2. The van der Waals surface area contributed by atoms with Crippen molar-refractivity contribution < 1.29 is 34.2 Å². The fraction of sp³-hybridized carbons (Fsp3) is 0.385. The van der Waals surface area contributed by atoms with Crippen LogP contribution in [0.4, 0.5) is 5.69 Å². The average Bonchev–Trinajstić information content (AvgIpc) is 2.87. The Hall–Kier alpha value is -3.92. The number of carboxylic acids is 1. The van der Waals surface area contributed by atoms with Crippen LogP contribution in [0, 0.1) is 0 Å². The second-order valence-corrected chi connectivity index (χ2v) is 8.23. The Morgan fingerprint density at radius 2 is 1.44 bits per heavy atom. The molecule has 0 spiro atoms. The molecule has 2 aromatic carbocycles. The lowest BCUT2D eigenvalue weighted by molar-refractivity contribution is -0.142. The van der Waals surface area contributed by atoms with Gasteiger partial charge in [0.2, 0.25) is 17.7 Å². The third kappa shape index (κ3) is 11.0. The van der Waals surface area contributed by atoms with E-state index in [1.807, 2.05) is 0 Å². The largest absolute Gasteiger partial charge is 0.494 e. The summed E-state index contributed by atoms with van der Waals surface area (Å²) >= 11 is 0. The van der Waals surface area contributed by atoms with Crippen LogP contribution in [0.15, 0.2) is 54.6 Å². The molecular weight excluding hydrogens is 466 g/mol. The fourth-order valence-corrected chi connectivity index (χ4v) is 3.46. The Bertz CT molecular complexity index is 998. The SMILES string of the molecule is O=C(CCCCCCC(=O)Nc1cccc(OCCCC(=O)NC(C(=O)O)c2ccccc2)c1)NO. The molecule has 10 nitrogen and oxygen atoms in total. The lowest BCUT2D eigenvalue weighted by atomic mass is 10.1. The molecule has 0 aromatic heterocycles. The summed E-state index contributed by atoms with van der Waals surface area (Å²) in [5.74, 6) is -1.50. The van der Waals surface area contributed by atoms with E-state index in [1.165, 1.54) is 0 Å². The number of carbonyl (C=O) groups is 4. The van der Waals surface area contributed by atoms with E-state index in [0.29, 0.717) is 42.7 Å². The van der Waals surface area contributed by atoms with Gasteiger partial charge in [0.25, 0.3) is 0 Å². The topological polar surface area (TPSA) is 154 Å². The summed E-state index contributed by atoms with van der Waals surface area (Å²) in [7, 11) is 0. The van der Waals surface area contributed by atoms with Crippen LogP contribution in [0.25, 0.3) is 0 Å². The van der Waals surface area contributed by atoms with Gasteiger partial charge in [0.15, 0.2) is 6.04 Å². The molecular formula is C26H33N3O7. The molecule has 0 heterocycles. The lowest BCUT2D eigenvalue weighted by Crippen LogP contribution is -2.33. The minimum atomic E-state index is -1.13. The summed E-state index contributed by atoms with van der Waals surface area (Å²) in [6.07, 6.45) is 4.07. The van der Waals surface area contributed by atoms with Gasteiger partial charge in [-0.25, -0.2) is 10.3 Å². The van der Waals surface area contributed by atoms with Gasteiger partial charge >= 0.3 is 5.97 Å². The van der Waals surface area contributed by atoms with Gasteiger partial charge in [-0.05, 0) is 37.0 Å². The first kappa shape index (κ1) is 28.3. The second-order valence-electron chi connectivity index (χ2n) is 8.23. The fourth-order valence-electron chi connectivity index (χ4n) is 3.46. The maximum Gasteiger partial charge on any atom is 0.330 e. The molecule has 2 rings (SSSR count). The van der Waals surface area contributed by atoms with E-state index in [0.717, 1.165) is 12.8 Å². The molecule has 0 radical (unpaired) electrons. The highest BCUT2D eigenvalue weighted by molar-refractivity contribution is 5.90. The summed E-state index contributed by atoms with van der Waals surface area (Å²) in [6.45, 7) is 0.252. The van der Waals surface area contributed by atoms with Crippen LogP contribution in [-0.4, -0.2) is 40.6 Å². The Balaban J connectivity index is 1.66. The number of hydroxylamine groups is 1. The van der Waals surface area contributed by atoms with Crippen LogP contribution in [0.3, 0.4) is 0 Å². The molecule has 3 amide bonds. The van der Waals surface area contributed by atoms with E-state index >= 15 is 0 Å². The van der Waals surface area contributed by atoms with Gasteiger partial charge in [-0.3, -0.25) is 19.6 Å². The minimum Gasteiger partial charge on any atom is -0.494 e. The van der Waals surface area contributed by atoms with Crippen molar-refractivity contribution in [3.8, 4) is 5.75 Å². The zero-order chi connectivity index (χ0) is 26.2. The van der Waals surface area contributed by atoms with Gasteiger partial charge in [0.1, 0.15) is 5.75 Å². The van der Waals surface area contributed by atoms with E-state index in [-0.39, 0.29) is 31.3 Å². The number of hydrogen-bond donors (Lipinski definition) is 5. The normalized spacial score (nSPS) is 11.2. The number of unbranched alkanes of at least 4 members (excludes halogenated alkanes) is 3. The highest BCUT2D eigenvalue weighted by Crippen LogP contribution is 2.19. The van der Waals surface area contributed by atoms with E-state index < -0.39 is 17.9 Å². The first-order chi connectivity index (χ1) is 17.4. The van der Waals surface area contributed by atoms with Crippen molar-refractivity contribution >= 4 is 29.4 Å². The predicted molar refractivity (Wildman–Crippen MR) is 132 cm³/mol. The van der Waals surface area contributed by atoms with Crippen LogP contribution >= 0.6 is 0 Å². The van der Waals surface area contributed by atoms with Crippen LogP contribution in [0.2, 0.25) is 0 Å². The average molecular weight is 500 g/mol. The number of benzene rings is 2. The number of rotatable bonds is 16. The number of carbonyl (C=O) groups excluding carboxylic acids is 3. The van der Waals surface area contributed by atoms with Crippen LogP contribution < -0.4 is 20.9 Å². The molecule has 0 aliphatic heterocycles. The van der Waals surface area contributed by atoms with Crippen molar-refractivity contribution in [2.45, 2.75) is 57.4 Å². The molecule has 1 unspecified atom stereocenters. The molecule has 1 atom stereocenters. The summed E-state index contributed by atoms with van der Waals surface area (Å²) in [5.41, 5.74) is 2.69. The van der Waals surface area contributed by atoms with Crippen LogP contribution in [0.5, 0.6) is 5.75 Å². The Morgan fingerprint density at radius 3 is 2.11 bits per heavy atom. The Kier molecular flexibility index (Phi) is 12.5. The Labute approximate surface area is 210 Å². The number of anilines is 1. The van der Waals surface area contributed by atoms with Crippen molar-refractivity contribution in [2.75, 3.05) is 11.9 Å².